The van der Waals surface area contributed by atoms with E-state index in [0.717, 1.165) is 38.5 Å². The molecule has 1 aliphatic rings. The second kappa shape index (κ2) is 8.15. The van der Waals surface area contributed by atoms with Gasteiger partial charge in [0.25, 0.3) is 0 Å². The Morgan fingerprint density at radius 3 is 2.63 bits per heavy atom. The lowest BCUT2D eigenvalue weighted by atomic mass is 9.79. The van der Waals surface area contributed by atoms with Crippen molar-refractivity contribution in [2.75, 3.05) is 13.1 Å². The van der Waals surface area contributed by atoms with Crippen LogP contribution in [0.2, 0.25) is 0 Å². The molecule has 0 radical (unpaired) electrons. The fourth-order valence-corrected chi connectivity index (χ4v) is 2.86. The first kappa shape index (κ1) is 16.0. The molecular formula is C14H26N2O3. The zero-order valence-electron chi connectivity index (χ0n) is 11.7. The van der Waals surface area contributed by atoms with E-state index in [1.54, 1.807) is 0 Å². The third-order valence-electron chi connectivity index (χ3n) is 4.06. The van der Waals surface area contributed by atoms with Gasteiger partial charge in [-0.3, -0.25) is 9.59 Å². The van der Waals surface area contributed by atoms with Crippen molar-refractivity contribution < 1.29 is 14.7 Å². The van der Waals surface area contributed by atoms with E-state index in [0.29, 0.717) is 13.1 Å². The largest absolute Gasteiger partial charge is 0.481 e. The average molecular weight is 270 g/mol. The first-order valence-corrected chi connectivity index (χ1v) is 7.30. The van der Waals surface area contributed by atoms with Crippen molar-refractivity contribution in [3.05, 3.63) is 0 Å². The van der Waals surface area contributed by atoms with Crippen molar-refractivity contribution in [3.8, 4) is 0 Å². The number of carboxylic acid groups (broad SMARTS) is 1. The van der Waals surface area contributed by atoms with Gasteiger partial charge in [-0.25, -0.2) is 0 Å². The van der Waals surface area contributed by atoms with Crippen molar-refractivity contribution in [3.63, 3.8) is 0 Å². The summed E-state index contributed by atoms with van der Waals surface area (Å²) in [6.45, 7) is 2.85. The van der Waals surface area contributed by atoms with Gasteiger partial charge in [-0.05, 0) is 25.2 Å². The molecule has 0 heterocycles. The second-order valence-electron chi connectivity index (χ2n) is 5.46. The highest BCUT2D eigenvalue weighted by Gasteiger charge is 2.31. The monoisotopic (exact) mass is 270 g/mol. The van der Waals surface area contributed by atoms with E-state index in [4.69, 9.17) is 5.73 Å². The van der Waals surface area contributed by atoms with Gasteiger partial charge >= 0.3 is 5.97 Å². The standard InChI is InChI=1S/C14H26N2O3/c1-2-5-10(8-15)13(17)16-9-11-6-3-4-7-12(11)14(18)19/h10-12H,2-9,15H2,1H3,(H,16,17)(H,18,19). The zero-order valence-corrected chi connectivity index (χ0v) is 11.7. The molecule has 5 nitrogen and oxygen atoms in total. The van der Waals surface area contributed by atoms with Gasteiger partial charge in [-0.15, -0.1) is 0 Å². The Morgan fingerprint density at radius 2 is 2.05 bits per heavy atom. The van der Waals surface area contributed by atoms with Crippen LogP contribution in [-0.2, 0) is 9.59 Å². The van der Waals surface area contributed by atoms with E-state index in [-0.39, 0.29) is 23.7 Å². The summed E-state index contributed by atoms with van der Waals surface area (Å²) in [5.74, 6) is -1.15. The Morgan fingerprint density at radius 1 is 1.37 bits per heavy atom. The molecule has 1 rings (SSSR count). The summed E-state index contributed by atoms with van der Waals surface area (Å²) in [5, 5.41) is 12.1. The lowest BCUT2D eigenvalue weighted by Crippen LogP contribution is -2.41. The molecule has 0 saturated heterocycles. The molecule has 110 valence electrons. The van der Waals surface area contributed by atoms with Crippen LogP contribution in [-0.4, -0.2) is 30.1 Å². The molecule has 4 N–H and O–H groups in total. The Balaban J connectivity index is 2.45. The number of hydrogen-bond donors (Lipinski definition) is 3. The highest BCUT2D eigenvalue weighted by Crippen LogP contribution is 2.29. The Bertz CT molecular complexity index is 307. The molecule has 3 unspecified atom stereocenters. The van der Waals surface area contributed by atoms with Crippen LogP contribution in [0, 0.1) is 17.8 Å². The van der Waals surface area contributed by atoms with Gasteiger partial charge in [0.1, 0.15) is 0 Å². The van der Waals surface area contributed by atoms with Crippen LogP contribution in [0.3, 0.4) is 0 Å². The number of rotatable bonds is 7. The van der Waals surface area contributed by atoms with E-state index in [1.807, 2.05) is 6.92 Å². The minimum Gasteiger partial charge on any atom is -0.481 e. The van der Waals surface area contributed by atoms with E-state index < -0.39 is 5.97 Å². The summed E-state index contributed by atoms with van der Waals surface area (Å²) in [6, 6.07) is 0. The summed E-state index contributed by atoms with van der Waals surface area (Å²) in [4.78, 5) is 23.1. The number of hydrogen-bond acceptors (Lipinski definition) is 3. The number of carboxylic acids is 1. The van der Waals surface area contributed by atoms with Gasteiger partial charge in [0.15, 0.2) is 0 Å². The average Bonchev–Trinajstić information content (AvgIpc) is 2.42. The molecule has 1 amide bonds. The van der Waals surface area contributed by atoms with Crippen molar-refractivity contribution in [1.82, 2.24) is 5.32 Å². The minimum absolute atomic E-state index is 0.0286. The summed E-state index contributed by atoms with van der Waals surface area (Å²) in [6.07, 6.45) is 5.36. The van der Waals surface area contributed by atoms with Crippen LogP contribution in [0.1, 0.15) is 45.4 Å². The quantitative estimate of drug-likeness (QED) is 0.651. The Kier molecular flexibility index (Phi) is 6.84. The second-order valence-corrected chi connectivity index (χ2v) is 5.46. The molecule has 0 spiro atoms. The van der Waals surface area contributed by atoms with Crippen molar-refractivity contribution in [2.45, 2.75) is 45.4 Å². The normalized spacial score (nSPS) is 24.7. The van der Waals surface area contributed by atoms with Gasteiger partial charge in [0.05, 0.1) is 11.8 Å². The van der Waals surface area contributed by atoms with Crippen LogP contribution < -0.4 is 11.1 Å². The molecule has 0 aliphatic heterocycles. The van der Waals surface area contributed by atoms with Crippen molar-refractivity contribution in [1.29, 1.82) is 0 Å². The number of nitrogens with two attached hydrogens (primary N) is 1. The molecule has 0 aromatic carbocycles. The SMILES string of the molecule is CCCC(CN)C(=O)NCC1CCCCC1C(=O)O. The predicted molar refractivity (Wildman–Crippen MR) is 73.5 cm³/mol. The van der Waals surface area contributed by atoms with Gasteiger partial charge < -0.3 is 16.2 Å². The third-order valence-corrected chi connectivity index (χ3v) is 4.06. The van der Waals surface area contributed by atoms with Gasteiger partial charge in [0, 0.05) is 13.1 Å². The Hall–Kier alpha value is -1.10. The van der Waals surface area contributed by atoms with E-state index in [1.165, 1.54) is 0 Å². The molecule has 0 bridgehead atoms. The number of amides is 1. The number of carbonyl (C=O) groups excluding carboxylic acids is 1. The van der Waals surface area contributed by atoms with Crippen LogP contribution in [0.15, 0.2) is 0 Å². The summed E-state index contributed by atoms with van der Waals surface area (Å²) >= 11 is 0. The third kappa shape index (κ3) is 4.82. The highest BCUT2D eigenvalue weighted by molar-refractivity contribution is 5.79. The van der Waals surface area contributed by atoms with Gasteiger partial charge in [-0.2, -0.15) is 0 Å². The molecule has 0 aromatic rings. The summed E-state index contributed by atoms with van der Waals surface area (Å²) < 4.78 is 0. The van der Waals surface area contributed by atoms with Crippen LogP contribution in [0.5, 0.6) is 0 Å². The maximum atomic E-state index is 11.9. The van der Waals surface area contributed by atoms with Crippen LogP contribution in [0.25, 0.3) is 0 Å². The Labute approximate surface area is 114 Å². The van der Waals surface area contributed by atoms with Gasteiger partial charge in [0.2, 0.25) is 5.91 Å². The molecule has 1 fully saturated rings. The van der Waals surface area contributed by atoms with E-state index >= 15 is 0 Å². The molecule has 1 aliphatic carbocycles. The minimum atomic E-state index is -0.733. The van der Waals surface area contributed by atoms with E-state index in [2.05, 4.69) is 5.32 Å². The molecule has 1 saturated carbocycles. The summed E-state index contributed by atoms with van der Waals surface area (Å²) in [7, 11) is 0. The van der Waals surface area contributed by atoms with Crippen LogP contribution >= 0.6 is 0 Å². The predicted octanol–water partition coefficient (Wildman–Crippen LogP) is 1.37. The first-order chi connectivity index (χ1) is 9.10. The number of nitrogens with one attached hydrogen (secondary N) is 1. The molecule has 5 heteroatoms. The highest BCUT2D eigenvalue weighted by atomic mass is 16.4. The zero-order chi connectivity index (χ0) is 14.3. The summed E-state index contributed by atoms with van der Waals surface area (Å²) in [5.41, 5.74) is 5.59. The van der Waals surface area contributed by atoms with Crippen molar-refractivity contribution in [2.24, 2.45) is 23.5 Å². The van der Waals surface area contributed by atoms with Crippen molar-refractivity contribution >= 4 is 11.9 Å². The maximum absolute atomic E-state index is 11.9. The lowest BCUT2D eigenvalue weighted by molar-refractivity contribution is -0.145. The molecule has 3 atom stereocenters. The first-order valence-electron chi connectivity index (χ1n) is 7.30. The fraction of sp³-hybridized carbons (Fsp3) is 0.857. The number of aliphatic carboxylic acids is 1. The molecule has 0 aromatic heterocycles. The lowest BCUT2D eigenvalue weighted by Gasteiger charge is -2.29. The van der Waals surface area contributed by atoms with E-state index in [9.17, 15) is 14.7 Å². The topological polar surface area (TPSA) is 92.4 Å². The maximum Gasteiger partial charge on any atom is 0.306 e. The van der Waals surface area contributed by atoms with Crippen LogP contribution in [0.4, 0.5) is 0 Å². The number of carbonyl (C=O) groups is 2. The molecular weight excluding hydrogens is 244 g/mol. The smallest absolute Gasteiger partial charge is 0.306 e. The fourth-order valence-electron chi connectivity index (χ4n) is 2.86. The molecule has 19 heavy (non-hydrogen) atoms. The van der Waals surface area contributed by atoms with Gasteiger partial charge in [-0.1, -0.05) is 26.2 Å².